The van der Waals surface area contributed by atoms with Gasteiger partial charge in [0.2, 0.25) is 11.8 Å². The Morgan fingerprint density at radius 1 is 1.21 bits per heavy atom. The molecule has 1 N–H and O–H groups in total. The summed E-state index contributed by atoms with van der Waals surface area (Å²) in [6.45, 7) is 5.96. The summed E-state index contributed by atoms with van der Waals surface area (Å²) < 4.78 is 13.0. The Morgan fingerprint density at radius 3 is 2.57 bits per heavy atom. The molecule has 1 aromatic heterocycles. The van der Waals surface area contributed by atoms with Gasteiger partial charge in [-0.25, -0.2) is 9.37 Å². The number of thioether (sulfide) groups is 1. The number of likely N-dealkylation sites (tertiary alicyclic amines) is 1. The number of rotatable bonds is 6. The lowest BCUT2D eigenvalue weighted by atomic mass is 9.92. The lowest BCUT2D eigenvalue weighted by molar-refractivity contribution is -0.130. The van der Waals surface area contributed by atoms with Crippen LogP contribution in [0.1, 0.15) is 20.3 Å². The third-order valence-corrected chi connectivity index (χ3v) is 6.25. The number of benzene rings is 1. The molecule has 0 aliphatic carbocycles. The maximum atomic E-state index is 13.0. The van der Waals surface area contributed by atoms with Crippen LogP contribution in [0, 0.1) is 17.7 Å². The molecule has 2 amide bonds. The topological polar surface area (TPSA) is 62.3 Å². The van der Waals surface area contributed by atoms with Crippen LogP contribution in [0.2, 0.25) is 0 Å². The van der Waals surface area contributed by atoms with Gasteiger partial charge in [-0.2, -0.15) is 0 Å². The summed E-state index contributed by atoms with van der Waals surface area (Å²) in [5, 5.41) is 5.07. The number of piperidine rings is 1. The van der Waals surface area contributed by atoms with Crippen LogP contribution in [0.15, 0.2) is 29.6 Å². The minimum atomic E-state index is -0.299. The molecule has 0 spiro atoms. The molecule has 0 bridgehead atoms. The fourth-order valence-electron chi connectivity index (χ4n) is 3.43. The number of nitrogens with one attached hydrogen (secondary N) is 1. The van der Waals surface area contributed by atoms with Crippen molar-refractivity contribution in [1.82, 2.24) is 9.88 Å². The molecule has 1 fully saturated rings. The minimum Gasteiger partial charge on any atom is -0.341 e. The molecular formula is C20H24FN3O2S2. The smallest absolute Gasteiger partial charge is 0.236 e. The van der Waals surface area contributed by atoms with Crippen LogP contribution < -0.4 is 5.32 Å². The molecule has 5 nitrogen and oxygen atoms in total. The van der Waals surface area contributed by atoms with E-state index in [9.17, 15) is 14.0 Å². The van der Waals surface area contributed by atoms with Gasteiger partial charge in [0.15, 0.2) is 5.13 Å². The summed E-state index contributed by atoms with van der Waals surface area (Å²) in [4.78, 5) is 30.8. The van der Waals surface area contributed by atoms with E-state index in [4.69, 9.17) is 0 Å². The number of amides is 2. The van der Waals surface area contributed by atoms with Crippen molar-refractivity contribution >= 4 is 40.0 Å². The molecule has 1 saturated heterocycles. The Hall–Kier alpha value is -1.93. The highest BCUT2D eigenvalue weighted by atomic mass is 32.2. The first-order valence-corrected chi connectivity index (χ1v) is 11.3. The number of anilines is 1. The molecule has 2 aromatic rings. The van der Waals surface area contributed by atoms with Crippen molar-refractivity contribution in [3.8, 4) is 11.3 Å². The first kappa shape index (κ1) is 20.8. The van der Waals surface area contributed by atoms with Gasteiger partial charge in [-0.1, -0.05) is 13.8 Å². The lowest BCUT2D eigenvalue weighted by Crippen LogP contribution is -2.43. The average Bonchev–Trinajstić information content (AvgIpc) is 3.09. The zero-order valence-electron chi connectivity index (χ0n) is 16.0. The molecule has 150 valence electrons. The van der Waals surface area contributed by atoms with Crippen LogP contribution in [0.3, 0.4) is 0 Å². The maximum absolute atomic E-state index is 13.0. The second-order valence-corrected chi connectivity index (χ2v) is 9.17. The maximum Gasteiger partial charge on any atom is 0.236 e. The highest BCUT2D eigenvalue weighted by molar-refractivity contribution is 8.00. The molecule has 1 aromatic carbocycles. The monoisotopic (exact) mass is 421 g/mol. The Labute approximate surface area is 172 Å². The summed E-state index contributed by atoms with van der Waals surface area (Å²) in [6.07, 6.45) is 1.16. The van der Waals surface area contributed by atoms with E-state index >= 15 is 0 Å². The van der Waals surface area contributed by atoms with E-state index in [-0.39, 0.29) is 23.4 Å². The standard InChI is InChI=1S/C20H24FN3O2S2/c1-13-7-14(2)9-24(8-13)19(26)12-27-11-18(25)23-20-22-17(10-28-20)15-3-5-16(21)6-4-15/h3-6,10,13-14H,7-9,11-12H2,1-2H3,(H,22,23,25)/t13-,14+. The zero-order valence-corrected chi connectivity index (χ0v) is 17.6. The summed E-state index contributed by atoms with van der Waals surface area (Å²) >= 11 is 2.64. The second kappa shape index (κ2) is 9.52. The highest BCUT2D eigenvalue weighted by Crippen LogP contribution is 2.25. The number of hydrogen-bond acceptors (Lipinski definition) is 5. The summed E-state index contributed by atoms with van der Waals surface area (Å²) in [7, 11) is 0. The van der Waals surface area contributed by atoms with Crippen LogP contribution in [0.4, 0.5) is 9.52 Å². The van der Waals surface area contributed by atoms with Crippen LogP contribution in [0.5, 0.6) is 0 Å². The predicted molar refractivity (Wildman–Crippen MR) is 113 cm³/mol. The van der Waals surface area contributed by atoms with E-state index in [1.807, 2.05) is 10.3 Å². The van der Waals surface area contributed by atoms with Crippen molar-refractivity contribution in [2.45, 2.75) is 20.3 Å². The Morgan fingerprint density at radius 2 is 1.89 bits per heavy atom. The van der Waals surface area contributed by atoms with E-state index in [2.05, 4.69) is 24.1 Å². The molecule has 0 radical (unpaired) electrons. The van der Waals surface area contributed by atoms with Crippen LogP contribution in [0.25, 0.3) is 11.3 Å². The van der Waals surface area contributed by atoms with Gasteiger partial charge in [0.1, 0.15) is 5.82 Å². The van der Waals surface area contributed by atoms with Gasteiger partial charge in [0, 0.05) is 24.0 Å². The van der Waals surface area contributed by atoms with Gasteiger partial charge in [0.05, 0.1) is 17.2 Å². The molecular weight excluding hydrogens is 397 g/mol. The van der Waals surface area contributed by atoms with E-state index in [1.165, 1.54) is 35.2 Å². The van der Waals surface area contributed by atoms with Crippen molar-refractivity contribution < 1.29 is 14.0 Å². The quantitative estimate of drug-likeness (QED) is 0.762. The van der Waals surface area contributed by atoms with Crippen LogP contribution in [-0.2, 0) is 9.59 Å². The minimum absolute atomic E-state index is 0.101. The molecule has 0 saturated carbocycles. The third kappa shape index (κ3) is 5.78. The molecule has 1 aliphatic rings. The van der Waals surface area contributed by atoms with Gasteiger partial charge in [-0.15, -0.1) is 23.1 Å². The highest BCUT2D eigenvalue weighted by Gasteiger charge is 2.25. The zero-order chi connectivity index (χ0) is 20.1. The van der Waals surface area contributed by atoms with Crippen molar-refractivity contribution in [3.63, 3.8) is 0 Å². The molecule has 3 rings (SSSR count). The normalized spacial score (nSPS) is 19.5. The van der Waals surface area contributed by atoms with Crippen LogP contribution in [-0.4, -0.2) is 46.3 Å². The lowest BCUT2D eigenvalue weighted by Gasteiger charge is -2.35. The molecule has 28 heavy (non-hydrogen) atoms. The second-order valence-electron chi connectivity index (χ2n) is 7.33. The third-order valence-electron chi connectivity index (χ3n) is 4.57. The number of thiazole rings is 1. The first-order valence-electron chi connectivity index (χ1n) is 9.27. The van der Waals surface area contributed by atoms with Gasteiger partial charge >= 0.3 is 0 Å². The van der Waals surface area contributed by atoms with Gasteiger partial charge < -0.3 is 10.2 Å². The van der Waals surface area contributed by atoms with Crippen LogP contribution >= 0.6 is 23.1 Å². The number of nitrogens with zero attached hydrogens (tertiary/aromatic N) is 2. The fraction of sp³-hybridized carbons (Fsp3) is 0.450. The van der Waals surface area contributed by atoms with Crippen molar-refractivity contribution in [2.24, 2.45) is 11.8 Å². The van der Waals surface area contributed by atoms with Crippen molar-refractivity contribution in [2.75, 3.05) is 29.9 Å². The Kier molecular flexibility index (Phi) is 7.07. The van der Waals surface area contributed by atoms with E-state index in [0.717, 1.165) is 25.1 Å². The summed E-state index contributed by atoms with van der Waals surface area (Å²) in [5.41, 5.74) is 1.49. The Balaban J connectivity index is 1.43. The summed E-state index contributed by atoms with van der Waals surface area (Å²) in [6, 6.07) is 6.06. The number of hydrogen-bond donors (Lipinski definition) is 1. The van der Waals surface area contributed by atoms with E-state index < -0.39 is 0 Å². The summed E-state index contributed by atoms with van der Waals surface area (Å²) in [5.74, 6) is 1.19. The van der Waals surface area contributed by atoms with E-state index in [0.29, 0.717) is 28.4 Å². The number of carbonyl (C=O) groups excluding carboxylic acids is 2. The fourth-order valence-corrected chi connectivity index (χ4v) is 4.88. The van der Waals surface area contributed by atoms with Crippen molar-refractivity contribution in [3.05, 3.63) is 35.5 Å². The molecule has 0 unspecified atom stereocenters. The van der Waals surface area contributed by atoms with Crippen molar-refractivity contribution in [1.29, 1.82) is 0 Å². The number of aromatic nitrogens is 1. The first-order chi connectivity index (χ1) is 13.4. The molecule has 8 heteroatoms. The van der Waals surface area contributed by atoms with Gasteiger partial charge in [-0.3, -0.25) is 9.59 Å². The van der Waals surface area contributed by atoms with Gasteiger partial charge in [-0.05, 0) is 42.5 Å². The molecule has 1 aliphatic heterocycles. The Bertz CT molecular complexity index is 815. The molecule has 2 atom stereocenters. The van der Waals surface area contributed by atoms with E-state index in [1.54, 1.807) is 12.1 Å². The largest absolute Gasteiger partial charge is 0.341 e. The van der Waals surface area contributed by atoms with Gasteiger partial charge in [0.25, 0.3) is 0 Å². The molecule has 2 heterocycles. The SMILES string of the molecule is C[C@@H]1C[C@H](C)CN(C(=O)CSCC(=O)Nc2nc(-c3ccc(F)cc3)cs2)C1. The number of carbonyl (C=O) groups is 2. The number of halogens is 1. The average molecular weight is 422 g/mol. The predicted octanol–water partition coefficient (Wildman–Crippen LogP) is 4.13.